The summed E-state index contributed by atoms with van der Waals surface area (Å²) in [6, 6.07) is 11.1. The Hall–Kier alpha value is -2.22. The van der Waals surface area contributed by atoms with Gasteiger partial charge in [-0.1, -0.05) is 25.5 Å². The molecule has 3 aromatic rings. The molecule has 0 fully saturated rings. The molecular formula is C22H27N2+. The Morgan fingerprint density at radius 3 is 2.50 bits per heavy atom. The molecule has 0 atom stereocenters. The van der Waals surface area contributed by atoms with Crippen molar-refractivity contribution in [3.05, 3.63) is 58.9 Å². The SMILES string of the molecule is Cc1cc(C)c(C)c(-c2c3ccc(CC(C)C)nc3cc[n+]2C)c1. The average molecular weight is 319 g/mol. The van der Waals surface area contributed by atoms with E-state index in [1.54, 1.807) is 0 Å². The molecular weight excluding hydrogens is 292 g/mol. The molecule has 124 valence electrons. The van der Waals surface area contributed by atoms with Crippen molar-refractivity contribution in [2.45, 2.75) is 41.0 Å². The fraction of sp³-hybridized carbons (Fsp3) is 0.364. The molecule has 2 heterocycles. The third kappa shape index (κ3) is 3.06. The summed E-state index contributed by atoms with van der Waals surface area (Å²) in [5, 5.41) is 1.22. The van der Waals surface area contributed by atoms with E-state index in [2.05, 4.69) is 82.8 Å². The first-order valence-electron chi connectivity index (χ1n) is 8.73. The highest BCUT2D eigenvalue weighted by Crippen LogP contribution is 2.30. The van der Waals surface area contributed by atoms with Crippen LogP contribution < -0.4 is 4.57 Å². The van der Waals surface area contributed by atoms with Gasteiger partial charge in [-0.25, -0.2) is 4.57 Å². The van der Waals surface area contributed by atoms with Gasteiger partial charge in [0.2, 0.25) is 5.69 Å². The molecule has 2 nitrogen and oxygen atoms in total. The summed E-state index contributed by atoms with van der Waals surface area (Å²) in [5.74, 6) is 0.621. The van der Waals surface area contributed by atoms with E-state index in [0.29, 0.717) is 5.92 Å². The number of hydrogen-bond donors (Lipinski definition) is 0. The van der Waals surface area contributed by atoms with E-state index < -0.39 is 0 Å². The van der Waals surface area contributed by atoms with Crippen LogP contribution in [0.2, 0.25) is 0 Å². The van der Waals surface area contributed by atoms with Gasteiger partial charge in [-0.05, 0) is 62.4 Å². The largest absolute Gasteiger partial charge is 0.252 e. The van der Waals surface area contributed by atoms with Crippen LogP contribution in [0.25, 0.3) is 22.2 Å². The summed E-state index contributed by atoms with van der Waals surface area (Å²) < 4.78 is 2.22. The number of benzene rings is 1. The maximum atomic E-state index is 4.90. The van der Waals surface area contributed by atoms with Crippen molar-refractivity contribution in [2.75, 3.05) is 0 Å². The van der Waals surface area contributed by atoms with Gasteiger partial charge in [0, 0.05) is 11.8 Å². The normalized spacial score (nSPS) is 11.5. The van der Waals surface area contributed by atoms with Crippen molar-refractivity contribution in [1.29, 1.82) is 0 Å². The first-order valence-corrected chi connectivity index (χ1v) is 8.73. The van der Waals surface area contributed by atoms with Crippen molar-refractivity contribution >= 4 is 10.9 Å². The van der Waals surface area contributed by atoms with Gasteiger partial charge in [-0.3, -0.25) is 4.98 Å². The first kappa shape index (κ1) is 16.6. The van der Waals surface area contributed by atoms with E-state index in [1.165, 1.54) is 39.0 Å². The predicted octanol–water partition coefficient (Wildman–Crippen LogP) is 4.85. The van der Waals surface area contributed by atoms with Crippen LogP contribution in [-0.4, -0.2) is 4.98 Å². The van der Waals surface area contributed by atoms with Gasteiger partial charge < -0.3 is 0 Å². The number of rotatable bonds is 3. The molecule has 0 aliphatic heterocycles. The van der Waals surface area contributed by atoms with Gasteiger partial charge in [0.25, 0.3) is 0 Å². The number of aryl methyl sites for hydroxylation is 3. The third-order valence-electron chi connectivity index (χ3n) is 4.73. The standard InChI is InChI=1S/C22H27N2/c1-14(2)11-18-7-8-19-21(23-18)9-10-24(6)22(19)20-13-15(3)12-16(4)17(20)5/h7-10,12-14H,11H2,1-6H3/q+1. The zero-order chi connectivity index (χ0) is 17.4. The second-order valence-corrected chi connectivity index (χ2v) is 7.36. The van der Waals surface area contributed by atoms with Crippen LogP contribution in [0.4, 0.5) is 0 Å². The second kappa shape index (κ2) is 6.35. The Labute approximate surface area is 145 Å². The summed E-state index contributed by atoms with van der Waals surface area (Å²) >= 11 is 0. The Balaban J connectivity index is 2.26. The minimum absolute atomic E-state index is 0.621. The highest BCUT2D eigenvalue weighted by molar-refractivity contribution is 5.91. The Kier molecular flexibility index (Phi) is 4.40. The minimum Gasteiger partial charge on any atom is -0.252 e. The van der Waals surface area contributed by atoms with E-state index in [1.807, 2.05) is 0 Å². The van der Waals surface area contributed by atoms with Gasteiger partial charge in [0.05, 0.1) is 16.5 Å². The summed E-state index contributed by atoms with van der Waals surface area (Å²) in [7, 11) is 2.12. The average Bonchev–Trinajstić information content (AvgIpc) is 2.51. The number of aromatic nitrogens is 2. The Bertz CT molecular complexity index is 907. The van der Waals surface area contributed by atoms with Crippen molar-refractivity contribution in [1.82, 2.24) is 4.98 Å². The fourth-order valence-electron chi connectivity index (χ4n) is 3.44. The highest BCUT2D eigenvalue weighted by atomic mass is 14.9. The predicted molar refractivity (Wildman–Crippen MR) is 101 cm³/mol. The molecule has 0 radical (unpaired) electrons. The van der Waals surface area contributed by atoms with Crippen molar-refractivity contribution in [3.8, 4) is 11.3 Å². The maximum Gasteiger partial charge on any atom is 0.222 e. The Morgan fingerprint density at radius 1 is 1.04 bits per heavy atom. The lowest BCUT2D eigenvalue weighted by atomic mass is 9.95. The van der Waals surface area contributed by atoms with Crippen molar-refractivity contribution in [3.63, 3.8) is 0 Å². The molecule has 0 bridgehead atoms. The topological polar surface area (TPSA) is 16.8 Å². The number of fused-ring (bicyclic) bond motifs is 1. The molecule has 24 heavy (non-hydrogen) atoms. The molecule has 0 spiro atoms. The van der Waals surface area contributed by atoms with Crippen LogP contribution in [0.1, 0.15) is 36.2 Å². The van der Waals surface area contributed by atoms with Crippen LogP contribution in [0.5, 0.6) is 0 Å². The van der Waals surface area contributed by atoms with E-state index >= 15 is 0 Å². The lowest BCUT2D eigenvalue weighted by Gasteiger charge is -2.12. The van der Waals surface area contributed by atoms with Crippen molar-refractivity contribution in [2.24, 2.45) is 13.0 Å². The summed E-state index contributed by atoms with van der Waals surface area (Å²) in [6.07, 6.45) is 3.15. The summed E-state index contributed by atoms with van der Waals surface area (Å²) in [5.41, 5.74) is 8.80. The van der Waals surface area contributed by atoms with Gasteiger partial charge in [-0.15, -0.1) is 0 Å². The quantitative estimate of drug-likeness (QED) is 0.631. The molecule has 0 aliphatic rings. The lowest BCUT2D eigenvalue weighted by Crippen LogP contribution is -2.31. The van der Waals surface area contributed by atoms with Crippen molar-refractivity contribution < 1.29 is 4.57 Å². The Morgan fingerprint density at radius 2 is 1.79 bits per heavy atom. The molecule has 1 aromatic carbocycles. The van der Waals surface area contributed by atoms with Gasteiger partial charge in [-0.2, -0.15) is 0 Å². The van der Waals surface area contributed by atoms with E-state index in [-0.39, 0.29) is 0 Å². The monoisotopic (exact) mass is 319 g/mol. The second-order valence-electron chi connectivity index (χ2n) is 7.36. The van der Waals surface area contributed by atoms with E-state index in [9.17, 15) is 0 Å². The molecule has 0 amide bonds. The van der Waals surface area contributed by atoms with E-state index in [4.69, 9.17) is 4.98 Å². The zero-order valence-corrected chi connectivity index (χ0v) is 15.6. The number of pyridine rings is 2. The van der Waals surface area contributed by atoms with Gasteiger partial charge >= 0.3 is 0 Å². The molecule has 3 rings (SSSR count). The van der Waals surface area contributed by atoms with Gasteiger partial charge in [0.15, 0.2) is 6.20 Å². The lowest BCUT2D eigenvalue weighted by molar-refractivity contribution is -0.659. The van der Waals surface area contributed by atoms with Crippen LogP contribution >= 0.6 is 0 Å². The number of hydrogen-bond acceptors (Lipinski definition) is 1. The van der Waals surface area contributed by atoms with Crippen LogP contribution in [0.3, 0.4) is 0 Å². The van der Waals surface area contributed by atoms with Crippen LogP contribution in [0, 0.1) is 26.7 Å². The molecule has 0 unspecified atom stereocenters. The van der Waals surface area contributed by atoms with Crippen LogP contribution in [0.15, 0.2) is 36.5 Å². The highest BCUT2D eigenvalue weighted by Gasteiger charge is 2.19. The molecule has 2 heteroatoms. The fourth-order valence-corrected chi connectivity index (χ4v) is 3.44. The molecule has 0 saturated carbocycles. The van der Waals surface area contributed by atoms with Gasteiger partial charge in [0.1, 0.15) is 7.05 Å². The third-order valence-corrected chi connectivity index (χ3v) is 4.73. The van der Waals surface area contributed by atoms with Crippen LogP contribution in [-0.2, 0) is 13.5 Å². The first-order chi connectivity index (χ1) is 11.4. The summed E-state index contributed by atoms with van der Waals surface area (Å²) in [4.78, 5) is 4.90. The van der Waals surface area contributed by atoms with E-state index in [0.717, 1.165) is 11.9 Å². The molecule has 0 saturated heterocycles. The summed E-state index contributed by atoms with van der Waals surface area (Å²) in [6.45, 7) is 11.0. The smallest absolute Gasteiger partial charge is 0.222 e. The molecule has 0 N–H and O–H groups in total. The zero-order valence-electron chi connectivity index (χ0n) is 15.6. The maximum absolute atomic E-state index is 4.90. The molecule has 0 aliphatic carbocycles. The number of nitrogens with zero attached hydrogens (tertiary/aromatic N) is 2. The minimum atomic E-state index is 0.621. The molecule has 2 aromatic heterocycles.